The zero-order valence-electron chi connectivity index (χ0n) is 20.0. The van der Waals surface area contributed by atoms with Crippen LogP contribution in [0.2, 0.25) is 5.02 Å². The van der Waals surface area contributed by atoms with Crippen molar-refractivity contribution >= 4 is 23.2 Å². The number of rotatable bonds is 7. The molecule has 2 aliphatic rings. The SMILES string of the molecule is Cn1cnc(C2CC3CC(O)(c4cc(C(F)F)nn4CCO)CC3C2)c1C(=O)Nc1ccc(F)c(Cl)c1. The van der Waals surface area contributed by atoms with E-state index in [4.69, 9.17) is 11.6 Å². The number of nitrogens with zero attached hydrogens (tertiary/aromatic N) is 4. The molecule has 2 fully saturated rings. The molecule has 1 aromatic carbocycles. The molecule has 0 spiro atoms. The van der Waals surface area contributed by atoms with Crippen LogP contribution in [0.25, 0.3) is 0 Å². The minimum atomic E-state index is -2.77. The van der Waals surface area contributed by atoms with Crippen LogP contribution in [0.3, 0.4) is 0 Å². The number of carbonyl (C=O) groups excluding carboxylic acids is 1. The molecule has 5 rings (SSSR count). The molecule has 0 radical (unpaired) electrons. The van der Waals surface area contributed by atoms with Gasteiger partial charge < -0.3 is 20.1 Å². The third-order valence-corrected chi connectivity index (χ3v) is 7.89. The minimum Gasteiger partial charge on any atom is -0.394 e. The number of nitrogens with one attached hydrogen (secondary N) is 1. The first kappa shape index (κ1) is 25.7. The van der Waals surface area contributed by atoms with Crippen molar-refractivity contribution in [2.24, 2.45) is 18.9 Å². The number of hydrogen-bond acceptors (Lipinski definition) is 5. The van der Waals surface area contributed by atoms with Gasteiger partial charge in [-0.15, -0.1) is 0 Å². The van der Waals surface area contributed by atoms with Gasteiger partial charge in [-0.25, -0.2) is 18.2 Å². The molecule has 3 aromatic rings. The van der Waals surface area contributed by atoms with Crippen LogP contribution in [0, 0.1) is 17.7 Å². The molecule has 3 N–H and O–H groups in total. The van der Waals surface area contributed by atoms with E-state index in [0.717, 1.165) is 0 Å². The molecular formula is C25H27ClF3N5O3. The van der Waals surface area contributed by atoms with Crippen LogP contribution in [0.15, 0.2) is 30.6 Å². The molecule has 2 unspecified atom stereocenters. The standard InChI is InChI=1S/C25H27ClF3N5O3/c1-33-12-30-21(22(33)24(36)31-16-2-3-18(27)17(26)8-16)13-6-14-10-25(37,11-15(14)7-13)20-9-19(23(28)29)32-34(20)4-5-35/h2-3,8-9,12-15,23,35,37H,4-7,10-11H2,1H3,(H,31,36). The van der Waals surface area contributed by atoms with Gasteiger partial charge in [-0.05, 0) is 61.8 Å². The summed E-state index contributed by atoms with van der Waals surface area (Å²) in [6.45, 7) is -0.259. The van der Waals surface area contributed by atoms with E-state index in [1.807, 2.05) is 0 Å². The zero-order chi connectivity index (χ0) is 26.5. The molecule has 1 amide bonds. The number of fused-ring (bicyclic) bond motifs is 1. The van der Waals surface area contributed by atoms with E-state index < -0.39 is 29.4 Å². The Bertz CT molecular complexity index is 1310. The highest BCUT2D eigenvalue weighted by molar-refractivity contribution is 6.31. The monoisotopic (exact) mass is 537 g/mol. The number of anilines is 1. The highest BCUT2D eigenvalue weighted by atomic mass is 35.5. The summed E-state index contributed by atoms with van der Waals surface area (Å²) in [5, 5.41) is 27.3. The van der Waals surface area contributed by atoms with Gasteiger partial charge in [-0.2, -0.15) is 5.10 Å². The molecule has 2 saturated carbocycles. The Labute approximate surface area is 216 Å². The summed E-state index contributed by atoms with van der Waals surface area (Å²) in [6, 6.07) is 5.18. The maximum atomic E-state index is 13.5. The number of imidazole rings is 1. The van der Waals surface area contributed by atoms with Gasteiger partial charge in [0.15, 0.2) is 0 Å². The van der Waals surface area contributed by atoms with Gasteiger partial charge in [-0.1, -0.05) is 11.6 Å². The van der Waals surface area contributed by atoms with Gasteiger partial charge in [0, 0.05) is 18.7 Å². The summed E-state index contributed by atoms with van der Waals surface area (Å²) in [6.07, 6.45) is 0.913. The Morgan fingerprint density at radius 2 is 1.97 bits per heavy atom. The highest BCUT2D eigenvalue weighted by Gasteiger charge is 2.52. The normalized spacial score (nSPS) is 25.1. The average Bonchev–Trinajstić information content (AvgIpc) is 3.58. The number of aryl methyl sites for hydroxylation is 1. The largest absolute Gasteiger partial charge is 0.394 e. The fourth-order valence-corrected chi connectivity index (χ4v) is 6.25. The first-order chi connectivity index (χ1) is 17.6. The molecule has 2 aliphatic carbocycles. The topological polar surface area (TPSA) is 105 Å². The Hall–Kier alpha value is -2.89. The Kier molecular flexibility index (Phi) is 6.80. The van der Waals surface area contributed by atoms with Crippen molar-refractivity contribution in [3.05, 3.63) is 64.2 Å². The zero-order valence-corrected chi connectivity index (χ0v) is 20.8. The second-order valence-electron chi connectivity index (χ2n) is 10.0. The Morgan fingerprint density at radius 3 is 2.59 bits per heavy atom. The highest BCUT2D eigenvalue weighted by Crippen LogP contribution is 2.57. The van der Waals surface area contributed by atoms with Crippen LogP contribution >= 0.6 is 11.6 Å². The number of amides is 1. The van der Waals surface area contributed by atoms with Crippen LogP contribution in [0.4, 0.5) is 18.9 Å². The minimum absolute atomic E-state index is 0.0164. The van der Waals surface area contributed by atoms with Crippen molar-refractivity contribution in [1.29, 1.82) is 0 Å². The number of halogens is 4. The summed E-state index contributed by atoms with van der Waals surface area (Å²) in [4.78, 5) is 17.6. The molecule has 0 aliphatic heterocycles. The first-order valence-corrected chi connectivity index (χ1v) is 12.4. The second-order valence-corrected chi connectivity index (χ2v) is 10.4. The number of alkyl halides is 2. The van der Waals surface area contributed by atoms with Crippen molar-refractivity contribution in [3.63, 3.8) is 0 Å². The lowest BCUT2D eigenvalue weighted by Crippen LogP contribution is -2.28. The fourth-order valence-electron chi connectivity index (χ4n) is 6.07. The quantitative estimate of drug-likeness (QED) is 0.415. The maximum Gasteiger partial charge on any atom is 0.282 e. The van der Waals surface area contributed by atoms with E-state index in [2.05, 4.69) is 15.4 Å². The molecule has 0 saturated heterocycles. The lowest BCUT2D eigenvalue weighted by atomic mass is 9.90. The first-order valence-electron chi connectivity index (χ1n) is 12.1. The number of aliphatic hydroxyl groups excluding tert-OH is 1. The molecule has 2 aromatic heterocycles. The van der Waals surface area contributed by atoms with Crippen molar-refractivity contribution in [1.82, 2.24) is 19.3 Å². The van der Waals surface area contributed by atoms with Gasteiger partial charge in [0.2, 0.25) is 0 Å². The Balaban J connectivity index is 1.33. The third kappa shape index (κ3) is 4.75. The lowest BCUT2D eigenvalue weighted by molar-refractivity contribution is 0.0245. The predicted molar refractivity (Wildman–Crippen MR) is 129 cm³/mol. The summed E-state index contributed by atoms with van der Waals surface area (Å²) in [5.41, 5.74) is -0.0294. The maximum absolute atomic E-state index is 13.5. The number of benzene rings is 1. The molecule has 2 atom stereocenters. The number of aromatic nitrogens is 4. The van der Waals surface area contributed by atoms with E-state index >= 15 is 0 Å². The molecular weight excluding hydrogens is 511 g/mol. The number of hydrogen-bond donors (Lipinski definition) is 3. The van der Waals surface area contributed by atoms with Crippen LogP contribution in [-0.4, -0.2) is 42.1 Å². The summed E-state index contributed by atoms with van der Waals surface area (Å²) in [5.74, 6) is -0.772. The number of aliphatic hydroxyl groups is 2. The van der Waals surface area contributed by atoms with E-state index in [9.17, 15) is 28.2 Å². The molecule has 8 nitrogen and oxygen atoms in total. The molecule has 198 valence electrons. The Morgan fingerprint density at radius 1 is 1.27 bits per heavy atom. The second kappa shape index (κ2) is 9.77. The molecule has 37 heavy (non-hydrogen) atoms. The smallest absolute Gasteiger partial charge is 0.282 e. The van der Waals surface area contributed by atoms with Crippen LogP contribution < -0.4 is 5.32 Å². The lowest BCUT2D eigenvalue weighted by Gasteiger charge is -2.25. The molecule has 2 heterocycles. The number of carbonyl (C=O) groups is 1. The summed E-state index contributed by atoms with van der Waals surface area (Å²) < 4.78 is 43.0. The van der Waals surface area contributed by atoms with Gasteiger partial charge in [-0.3, -0.25) is 9.48 Å². The third-order valence-electron chi connectivity index (χ3n) is 7.60. The van der Waals surface area contributed by atoms with E-state index in [0.29, 0.717) is 48.5 Å². The van der Waals surface area contributed by atoms with Crippen molar-refractivity contribution in [2.75, 3.05) is 11.9 Å². The molecule has 12 heteroatoms. The van der Waals surface area contributed by atoms with E-state index in [1.54, 1.807) is 17.9 Å². The summed E-state index contributed by atoms with van der Waals surface area (Å²) >= 11 is 5.83. The van der Waals surface area contributed by atoms with Crippen LogP contribution in [-0.2, 0) is 19.2 Å². The molecule has 0 bridgehead atoms. The van der Waals surface area contributed by atoms with Gasteiger partial charge in [0.05, 0.1) is 35.9 Å². The van der Waals surface area contributed by atoms with Gasteiger partial charge in [0.25, 0.3) is 12.3 Å². The average molecular weight is 538 g/mol. The van der Waals surface area contributed by atoms with Gasteiger partial charge >= 0.3 is 0 Å². The van der Waals surface area contributed by atoms with E-state index in [1.165, 1.54) is 28.9 Å². The van der Waals surface area contributed by atoms with Crippen molar-refractivity contribution in [2.45, 2.75) is 50.2 Å². The predicted octanol–water partition coefficient (Wildman–Crippen LogP) is 4.38. The summed E-state index contributed by atoms with van der Waals surface area (Å²) in [7, 11) is 1.72. The van der Waals surface area contributed by atoms with Crippen molar-refractivity contribution in [3.8, 4) is 0 Å². The fraction of sp³-hybridized carbons (Fsp3) is 0.480. The van der Waals surface area contributed by atoms with E-state index in [-0.39, 0.29) is 35.9 Å². The van der Waals surface area contributed by atoms with Crippen molar-refractivity contribution < 1.29 is 28.2 Å². The van der Waals surface area contributed by atoms with Gasteiger partial charge in [0.1, 0.15) is 22.8 Å². The van der Waals surface area contributed by atoms with Crippen LogP contribution in [0.1, 0.15) is 65.6 Å². The van der Waals surface area contributed by atoms with Crippen LogP contribution in [0.5, 0.6) is 0 Å².